The molecular formula is C17H15NO5. The maximum Gasteiger partial charge on any atom is 0.269 e. The van der Waals surface area contributed by atoms with Crippen LogP contribution in [0.5, 0.6) is 11.5 Å². The number of methoxy groups -OCH3 is 2. The summed E-state index contributed by atoms with van der Waals surface area (Å²) in [6.45, 7) is 0. The van der Waals surface area contributed by atoms with Gasteiger partial charge < -0.3 is 9.47 Å². The summed E-state index contributed by atoms with van der Waals surface area (Å²) in [7, 11) is 3.01. The second-order valence-corrected chi connectivity index (χ2v) is 4.61. The van der Waals surface area contributed by atoms with Gasteiger partial charge in [-0.3, -0.25) is 14.9 Å². The zero-order valence-electron chi connectivity index (χ0n) is 12.7. The Kier molecular flexibility index (Phi) is 5.09. The number of benzene rings is 2. The topological polar surface area (TPSA) is 78.7 Å². The Morgan fingerprint density at radius 3 is 2.35 bits per heavy atom. The molecule has 0 radical (unpaired) electrons. The number of ether oxygens (including phenoxy) is 2. The highest BCUT2D eigenvalue weighted by atomic mass is 16.6. The van der Waals surface area contributed by atoms with Crippen LogP contribution in [0.25, 0.3) is 6.08 Å². The van der Waals surface area contributed by atoms with Crippen molar-refractivity contribution >= 4 is 17.5 Å². The van der Waals surface area contributed by atoms with Gasteiger partial charge in [0.25, 0.3) is 5.69 Å². The standard InChI is InChI=1S/C17H15NO5/c1-22-14-8-9-15(17(11-14)23-2)16(19)10-5-12-3-6-13(7-4-12)18(20)21/h3-11H,1-2H3. The smallest absolute Gasteiger partial charge is 0.269 e. The van der Waals surface area contributed by atoms with Crippen molar-refractivity contribution in [2.45, 2.75) is 0 Å². The summed E-state index contributed by atoms with van der Waals surface area (Å²) >= 11 is 0. The molecule has 2 aromatic rings. The van der Waals surface area contributed by atoms with Gasteiger partial charge in [0.05, 0.1) is 24.7 Å². The summed E-state index contributed by atoms with van der Waals surface area (Å²) in [5, 5.41) is 10.6. The maximum atomic E-state index is 12.3. The number of nitro benzene ring substituents is 1. The highest BCUT2D eigenvalue weighted by Crippen LogP contribution is 2.25. The highest BCUT2D eigenvalue weighted by Gasteiger charge is 2.11. The van der Waals surface area contributed by atoms with Crippen molar-refractivity contribution in [1.29, 1.82) is 0 Å². The van der Waals surface area contributed by atoms with E-state index in [0.29, 0.717) is 22.6 Å². The molecule has 0 aliphatic heterocycles. The summed E-state index contributed by atoms with van der Waals surface area (Å²) in [6, 6.07) is 10.9. The summed E-state index contributed by atoms with van der Waals surface area (Å²) in [5.41, 5.74) is 1.10. The lowest BCUT2D eigenvalue weighted by Crippen LogP contribution is -1.99. The van der Waals surface area contributed by atoms with Crippen molar-refractivity contribution in [3.05, 3.63) is 69.8 Å². The molecule has 0 atom stereocenters. The fourth-order valence-corrected chi connectivity index (χ4v) is 1.97. The number of carbonyl (C=O) groups is 1. The number of non-ortho nitro benzene ring substituents is 1. The average molecular weight is 313 g/mol. The van der Waals surface area contributed by atoms with E-state index in [9.17, 15) is 14.9 Å². The molecule has 0 aromatic heterocycles. The second-order valence-electron chi connectivity index (χ2n) is 4.61. The van der Waals surface area contributed by atoms with Gasteiger partial charge in [0, 0.05) is 18.2 Å². The zero-order chi connectivity index (χ0) is 16.8. The van der Waals surface area contributed by atoms with E-state index in [0.717, 1.165) is 0 Å². The number of rotatable bonds is 6. The number of hydrogen-bond donors (Lipinski definition) is 0. The van der Waals surface area contributed by atoms with Crippen LogP contribution in [0.1, 0.15) is 15.9 Å². The van der Waals surface area contributed by atoms with Crippen LogP contribution < -0.4 is 9.47 Å². The SMILES string of the molecule is COc1ccc(C(=O)C=Cc2ccc([N+](=O)[O-])cc2)c(OC)c1. The van der Waals surface area contributed by atoms with Crippen molar-refractivity contribution in [3.8, 4) is 11.5 Å². The molecule has 6 heteroatoms. The molecule has 0 N–H and O–H groups in total. The molecule has 0 saturated carbocycles. The molecule has 2 rings (SSSR count). The van der Waals surface area contributed by atoms with Crippen LogP contribution in [0.15, 0.2) is 48.5 Å². The Hall–Kier alpha value is -3.15. The van der Waals surface area contributed by atoms with E-state index >= 15 is 0 Å². The van der Waals surface area contributed by atoms with Gasteiger partial charge in [0.15, 0.2) is 5.78 Å². The van der Waals surface area contributed by atoms with Gasteiger partial charge in [-0.05, 0) is 35.9 Å². The molecule has 6 nitrogen and oxygen atoms in total. The van der Waals surface area contributed by atoms with Gasteiger partial charge in [-0.25, -0.2) is 0 Å². The molecule has 0 aliphatic carbocycles. The molecule has 118 valence electrons. The lowest BCUT2D eigenvalue weighted by molar-refractivity contribution is -0.384. The van der Waals surface area contributed by atoms with Gasteiger partial charge in [0.2, 0.25) is 0 Å². The first kappa shape index (κ1) is 16.2. The third kappa shape index (κ3) is 3.94. The number of allylic oxidation sites excluding steroid dienone is 1. The summed E-state index contributed by atoms with van der Waals surface area (Å²) < 4.78 is 10.3. The zero-order valence-corrected chi connectivity index (χ0v) is 12.7. The van der Waals surface area contributed by atoms with Crippen LogP contribution in [0.3, 0.4) is 0 Å². The molecule has 23 heavy (non-hydrogen) atoms. The summed E-state index contributed by atoms with van der Waals surface area (Å²) in [5.74, 6) is 0.781. The Morgan fingerprint density at radius 1 is 1.09 bits per heavy atom. The fraction of sp³-hybridized carbons (Fsp3) is 0.118. The molecule has 0 bridgehead atoms. The predicted octanol–water partition coefficient (Wildman–Crippen LogP) is 3.51. The van der Waals surface area contributed by atoms with Crippen LogP contribution in [-0.4, -0.2) is 24.9 Å². The Bertz CT molecular complexity index is 750. The molecule has 0 spiro atoms. The maximum absolute atomic E-state index is 12.3. The molecular weight excluding hydrogens is 298 g/mol. The fourth-order valence-electron chi connectivity index (χ4n) is 1.97. The first-order valence-corrected chi connectivity index (χ1v) is 6.74. The molecule has 0 amide bonds. The average Bonchev–Trinajstić information content (AvgIpc) is 2.59. The lowest BCUT2D eigenvalue weighted by atomic mass is 10.1. The highest BCUT2D eigenvalue weighted by molar-refractivity contribution is 6.08. The van der Waals surface area contributed by atoms with Crippen molar-refractivity contribution < 1.29 is 19.2 Å². The van der Waals surface area contributed by atoms with E-state index in [2.05, 4.69) is 0 Å². The minimum absolute atomic E-state index is 0.00491. The van der Waals surface area contributed by atoms with Crippen molar-refractivity contribution in [2.75, 3.05) is 14.2 Å². The second kappa shape index (κ2) is 7.22. The van der Waals surface area contributed by atoms with Gasteiger partial charge >= 0.3 is 0 Å². The molecule has 0 saturated heterocycles. The van der Waals surface area contributed by atoms with Gasteiger partial charge in [-0.15, -0.1) is 0 Å². The Morgan fingerprint density at radius 2 is 1.78 bits per heavy atom. The first-order valence-electron chi connectivity index (χ1n) is 6.74. The predicted molar refractivity (Wildman–Crippen MR) is 86.0 cm³/mol. The van der Waals surface area contributed by atoms with E-state index in [-0.39, 0.29) is 11.5 Å². The van der Waals surface area contributed by atoms with Crippen LogP contribution in [-0.2, 0) is 0 Å². The molecule has 0 unspecified atom stereocenters. The largest absolute Gasteiger partial charge is 0.497 e. The van der Waals surface area contributed by atoms with E-state index in [1.165, 1.54) is 32.4 Å². The summed E-state index contributed by atoms with van der Waals surface area (Å²) in [6.07, 6.45) is 2.99. The quantitative estimate of drug-likeness (QED) is 0.353. The first-order chi connectivity index (χ1) is 11.0. The monoisotopic (exact) mass is 313 g/mol. The molecule has 0 heterocycles. The lowest BCUT2D eigenvalue weighted by Gasteiger charge is -2.07. The molecule has 2 aromatic carbocycles. The van der Waals surface area contributed by atoms with Crippen LogP contribution >= 0.6 is 0 Å². The van der Waals surface area contributed by atoms with Crippen molar-refractivity contribution in [1.82, 2.24) is 0 Å². The normalized spacial score (nSPS) is 10.5. The molecule has 0 aliphatic rings. The molecule has 0 fully saturated rings. The minimum atomic E-state index is -0.471. The third-order valence-corrected chi connectivity index (χ3v) is 3.21. The number of hydrogen-bond acceptors (Lipinski definition) is 5. The van der Waals surface area contributed by atoms with E-state index in [4.69, 9.17) is 9.47 Å². The Labute approximate surface area is 133 Å². The number of nitro groups is 1. The Balaban J connectivity index is 2.19. The van der Waals surface area contributed by atoms with E-state index in [1.54, 1.807) is 36.4 Å². The minimum Gasteiger partial charge on any atom is -0.497 e. The van der Waals surface area contributed by atoms with Crippen molar-refractivity contribution in [3.63, 3.8) is 0 Å². The van der Waals surface area contributed by atoms with Gasteiger partial charge in [0.1, 0.15) is 11.5 Å². The van der Waals surface area contributed by atoms with Gasteiger partial charge in [-0.1, -0.05) is 6.08 Å². The number of ketones is 1. The van der Waals surface area contributed by atoms with Crippen LogP contribution in [0.2, 0.25) is 0 Å². The van der Waals surface area contributed by atoms with E-state index < -0.39 is 4.92 Å². The van der Waals surface area contributed by atoms with Gasteiger partial charge in [-0.2, -0.15) is 0 Å². The van der Waals surface area contributed by atoms with E-state index in [1.807, 2.05) is 0 Å². The third-order valence-electron chi connectivity index (χ3n) is 3.21. The van der Waals surface area contributed by atoms with Crippen LogP contribution in [0, 0.1) is 10.1 Å². The number of carbonyl (C=O) groups excluding carboxylic acids is 1. The summed E-state index contributed by atoms with van der Waals surface area (Å²) in [4.78, 5) is 22.4. The number of nitrogens with zero attached hydrogens (tertiary/aromatic N) is 1. The van der Waals surface area contributed by atoms with Crippen LogP contribution in [0.4, 0.5) is 5.69 Å². The van der Waals surface area contributed by atoms with Crippen molar-refractivity contribution in [2.24, 2.45) is 0 Å².